The normalized spacial score (nSPS) is 30.2. The molecule has 1 aliphatic rings. The molecule has 0 bridgehead atoms. The zero-order chi connectivity index (χ0) is 12.8. The summed E-state index contributed by atoms with van der Waals surface area (Å²) in [6.07, 6.45) is 4.13. The summed E-state index contributed by atoms with van der Waals surface area (Å²) in [6, 6.07) is 0.528. The number of hydrogen-bond donors (Lipinski definition) is 1. The molecule has 17 heavy (non-hydrogen) atoms. The summed E-state index contributed by atoms with van der Waals surface area (Å²) >= 11 is 0. The quantitative estimate of drug-likeness (QED) is 0.775. The Labute approximate surface area is 107 Å². The summed E-state index contributed by atoms with van der Waals surface area (Å²) in [4.78, 5) is 2.55. The Hall–Kier alpha value is -0.120. The molecule has 0 aromatic carbocycles. The Balaban J connectivity index is 2.57. The third-order valence-electron chi connectivity index (χ3n) is 4.33. The first-order valence-corrected chi connectivity index (χ1v) is 7.10. The first-order chi connectivity index (χ1) is 8.13. The maximum Gasteiger partial charge on any atom is 0.0724 e. The van der Waals surface area contributed by atoms with Gasteiger partial charge in [-0.3, -0.25) is 4.90 Å². The van der Waals surface area contributed by atoms with Crippen LogP contribution in [0.2, 0.25) is 0 Å². The first kappa shape index (κ1) is 14.9. The van der Waals surface area contributed by atoms with E-state index in [1.165, 1.54) is 25.8 Å². The summed E-state index contributed by atoms with van der Waals surface area (Å²) in [5.74, 6) is 1.37. The molecular formula is C14H30N2O. The van der Waals surface area contributed by atoms with Gasteiger partial charge in [-0.2, -0.15) is 0 Å². The van der Waals surface area contributed by atoms with E-state index < -0.39 is 0 Å². The average Bonchev–Trinajstić information content (AvgIpc) is 2.32. The van der Waals surface area contributed by atoms with Crippen LogP contribution in [0.5, 0.6) is 0 Å². The highest BCUT2D eigenvalue weighted by Gasteiger charge is 2.31. The lowest BCUT2D eigenvalue weighted by Crippen LogP contribution is -2.53. The molecule has 1 rings (SSSR count). The number of likely N-dealkylation sites (tertiary alicyclic amines) is 1. The molecule has 3 heteroatoms. The molecule has 1 fully saturated rings. The Morgan fingerprint density at radius 3 is 2.71 bits per heavy atom. The maximum atomic E-state index is 5.97. The standard InChI is InChI=1S/C14H30N2O/c1-5-6-11(2)13(9-15)16-8-7-12(3)14(10-16)17-4/h11-14H,5-10,15H2,1-4H3. The van der Waals surface area contributed by atoms with Crippen molar-refractivity contribution < 1.29 is 4.74 Å². The van der Waals surface area contributed by atoms with Gasteiger partial charge >= 0.3 is 0 Å². The van der Waals surface area contributed by atoms with Crippen LogP contribution in [0.25, 0.3) is 0 Å². The van der Waals surface area contributed by atoms with Crippen molar-refractivity contribution in [3.8, 4) is 0 Å². The predicted octanol–water partition coefficient (Wildman–Crippen LogP) is 2.11. The topological polar surface area (TPSA) is 38.5 Å². The number of hydrogen-bond acceptors (Lipinski definition) is 3. The van der Waals surface area contributed by atoms with Crippen molar-refractivity contribution in [3.63, 3.8) is 0 Å². The molecule has 0 radical (unpaired) electrons. The lowest BCUT2D eigenvalue weighted by Gasteiger charge is -2.42. The van der Waals surface area contributed by atoms with Crippen molar-refractivity contribution in [1.82, 2.24) is 4.90 Å². The van der Waals surface area contributed by atoms with E-state index in [1.54, 1.807) is 0 Å². The van der Waals surface area contributed by atoms with Gasteiger partial charge in [0.15, 0.2) is 0 Å². The summed E-state index contributed by atoms with van der Waals surface area (Å²) in [5, 5.41) is 0. The van der Waals surface area contributed by atoms with E-state index in [4.69, 9.17) is 10.5 Å². The highest BCUT2D eigenvalue weighted by molar-refractivity contribution is 4.85. The van der Waals surface area contributed by atoms with Gasteiger partial charge in [-0.25, -0.2) is 0 Å². The molecule has 102 valence electrons. The fourth-order valence-corrected chi connectivity index (χ4v) is 3.05. The smallest absolute Gasteiger partial charge is 0.0724 e. The van der Waals surface area contributed by atoms with Crippen molar-refractivity contribution in [2.45, 2.75) is 52.2 Å². The molecule has 1 heterocycles. The summed E-state index contributed by atoms with van der Waals surface area (Å²) < 4.78 is 5.59. The fourth-order valence-electron chi connectivity index (χ4n) is 3.05. The molecule has 0 aromatic rings. The minimum atomic E-state index is 0.381. The molecule has 0 aliphatic carbocycles. The molecule has 4 atom stereocenters. The van der Waals surface area contributed by atoms with Crippen LogP contribution < -0.4 is 5.73 Å². The molecule has 4 unspecified atom stereocenters. The van der Waals surface area contributed by atoms with Gasteiger partial charge < -0.3 is 10.5 Å². The number of rotatable bonds is 6. The summed E-state index contributed by atoms with van der Waals surface area (Å²) in [5.41, 5.74) is 5.97. The van der Waals surface area contributed by atoms with Crippen LogP contribution in [0.15, 0.2) is 0 Å². The number of ether oxygens (including phenoxy) is 1. The van der Waals surface area contributed by atoms with Crippen molar-refractivity contribution in [2.24, 2.45) is 17.6 Å². The minimum Gasteiger partial charge on any atom is -0.380 e. The third kappa shape index (κ3) is 3.94. The SMILES string of the molecule is CCCC(C)C(CN)N1CCC(C)C(OC)C1. The van der Waals surface area contributed by atoms with Crippen LogP contribution in [0.3, 0.4) is 0 Å². The van der Waals surface area contributed by atoms with E-state index in [0.717, 1.165) is 13.1 Å². The molecule has 1 aliphatic heterocycles. The van der Waals surface area contributed by atoms with Gasteiger partial charge in [-0.05, 0) is 31.2 Å². The van der Waals surface area contributed by atoms with E-state index >= 15 is 0 Å². The molecule has 0 saturated carbocycles. The number of methoxy groups -OCH3 is 1. The molecule has 0 aromatic heterocycles. The zero-order valence-corrected chi connectivity index (χ0v) is 12.0. The first-order valence-electron chi connectivity index (χ1n) is 7.10. The highest BCUT2D eigenvalue weighted by atomic mass is 16.5. The van der Waals surface area contributed by atoms with E-state index in [1.807, 2.05) is 7.11 Å². The second-order valence-corrected chi connectivity index (χ2v) is 5.60. The monoisotopic (exact) mass is 242 g/mol. The largest absolute Gasteiger partial charge is 0.380 e. The van der Waals surface area contributed by atoms with E-state index in [9.17, 15) is 0 Å². The van der Waals surface area contributed by atoms with Crippen molar-refractivity contribution in [2.75, 3.05) is 26.7 Å². The van der Waals surface area contributed by atoms with Crippen molar-refractivity contribution >= 4 is 0 Å². The van der Waals surface area contributed by atoms with Gasteiger partial charge in [-0.1, -0.05) is 27.2 Å². The molecule has 1 saturated heterocycles. The second kappa shape index (κ2) is 7.34. The summed E-state index contributed by atoms with van der Waals surface area (Å²) in [7, 11) is 1.83. The van der Waals surface area contributed by atoms with Crippen LogP contribution in [-0.2, 0) is 4.74 Å². The van der Waals surface area contributed by atoms with Gasteiger partial charge in [0.1, 0.15) is 0 Å². The Morgan fingerprint density at radius 1 is 1.47 bits per heavy atom. The van der Waals surface area contributed by atoms with Crippen LogP contribution in [0, 0.1) is 11.8 Å². The third-order valence-corrected chi connectivity index (χ3v) is 4.33. The van der Waals surface area contributed by atoms with Crippen LogP contribution in [0.4, 0.5) is 0 Å². The fraction of sp³-hybridized carbons (Fsp3) is 1.00. The molecule has 3 nitrogen and oxygen atoms in total. The Morgan fingerprint density at radius 2 is 2.18 bits per heavy atom. The molecular weight excluding hydrogens is 212 g/mol. The summed E-state index contributed by atoms with van der Waals surface area (Å²) in [6.45, 7) is 9.87. The van der Waals surface area contributed by atoms with Crippen LogP contribution in [0.1, 0.15) is 40.0 Å². The molecule has 0 spiro atoms. The van der Waals surface area contributed by atoms with Gasteiger partial charge in [-0.15, -0.1) is 0 Å². The second-order valence-electron chi connectivity index (χ2n) is 5.60. The van der Waals surface area contributed by atoms with E-state index in [2.05, 4.69) is 25.7 Å². The number of nitrogens with zero attached hydrogens (tertiary/aromatic N) is 1. The average molecular weight is 242 g/mol. The molecule has 0 amide bonds. The minimum absolute atomic E-state index is 0.381. The van der Waals surface area contributed by atoms with Gasteiger partial charge in [0, 0.05) is 26.2 Å². The lowest BCUT2D eigenvalue weighted by molar-refractivity contribution is -0.0259. The van der Waals surface area contributed by atoms with Gasteiger partial charge in [0.25, 0.3) is 0 Å². The Bertz CT molecular complexity index is 210. The zero-order valence-electron chi connectivity index (χ0n) is 12.0. The maximum absolute atomic E-state index is 5.97. The lowest BCUT2D eigenvalue weighted by atomic mass is 9.90. The number of nitrogens with two attached hydrogens (primary N) is 1. The molecule has 2 N–H and O–H groups in total. The number of piperidine rings is 1. The van der Waals surface area contributed by atoms with Crippen molar-refractivity contribution in [3.05, 3.63) is 0 Å². The predicted molar refractivity (Wildman–Crippen MR) is 73.1 cm³/mol. The van der Waals surface area contributed by atoms with Crippen LogP contribution >= 0.6 is 0 Å². The van der Waals surface area contributed by atoms with Gasteiger partial charge in [0.05, 0.1) is 6.10 Å². The highest BCUT2D eigenvalue weighted by Crippen LogP contribution is 2.24. The Kier molecular flexibility index (Phi) is 6.45. The van der Waals surface area contributed by atoms with E-state index in [0.29, 0.717) is 24.0 Å². The van der Waals surface area contributed by atoms with E-state index in [-0.39, 0.29) is 0 Å². The van der Waals surface area contributed by atoms with Crippen molar-refractivity contribution in [1.29, 1.82) is 0 Å². The van der Waals surface area contributed by atoms with Crippen LogP contribution in [-0.4, -0.2) is 43.8 Å². The van der Waals surface area contributed by atoms with Gasteiger partial charge in [0.2, 0.25) is 0 Å².